The van der Waals surface area contributed by atoms with Gasteiger partial charge in [-0.15, -0.1) is 0 Å². The van der Waals surface area contributed by atoms with Crippen LogP contribution in [0.2, 0.25) is 0 Å². The van der Waals surface area contributed by atoms with Crippen molar-refractivity contribution in [3.05, 3.63) is 95.2 Å². The quantitative estimate of drug-likeness (QED) is 0.242. The Morgan fingerprint density at radius 3 is 2.64 bits per heavy atom. The number of carbonyl (C=O) groups is 1. The lowest BCUT2D eigenvalue weighted by Gasteiger charge is -2.13. The molecule has 0 bridgehead atoms. The molecule has 0 saturated carbocycles. The monoisotopic (exact) mass is 559 g/mol. The van der Waals surface area contributed by atoms with Crippen LogP contribution in [0.15, 0.2) is 83.9 Å². The van der Waals surface area contributed by atoms with E-state index >= 15 is 0 Å². The number of nitrogens with one attached hydrogen (secondary N) is 2. The molecule has 4 aromatic heterocycles. The molecule has 0 fully saturated rings. The van der Waals surface area contributed by atoms with E-state index in [1.165, 1.54) is 0 Å². The molecule has 4 heterocycles. The molecule has 210 valence electrons. The van der Waals surface area contributed by atoms with Gasteiger partial charge in [0.15, 0.2) is 0 Å². The van der Waals surface area contributed by atoms with Gasteiger partial charge < -0.3 is 11.1 Å². The Morgan fingerprint density at radius 1 is 0.976 bits per heavy atom. The fraction of sp³-hybridized carbons (Fsp3) is 0.161. The second-order valence-electron chi connectivity index (χ2n) is 10.2. The average molecular weight is 560 g/mol. The van der Waals surface area contributed by atoms with E-state index in [1.54, 1.807) is 45.9 Å². The molecule has 2 aromatic carbocycles. The second kappa shape index (κ2) is 10.8. The van der Waals surface area contributed by atoms with Crippen molar-refractivity contribution in [3.63, 3.8) is 0 Å². The van der Waals surface area contributed by atoms with E-state index in [0.29, 0.717) is 40.2 Å². The van der Waals surface area contributed by atoms with Gasteiger partial charge in [-0.25, -0.2) is 14.5 Å². The third-order valence-electron chi connectivity index (χ3n) is 6.99. The number of nitrogen functional groups attached to an aromatic ring is 1. The summed E-state index contributed by atoms with van der Waals surface area (Å²) in [5, 5.41) is 12.2. The number of fused-ring (bicyclic) bond motifs is 2. The zero-order chi connectivity index (χ0) is 29.4. The van der Waals surface area contributed by atoms with Crippen LogP contribution in [0.4, 0.5) is 22.2 Å². The van der Waals surface area contributed by atoms with Crippen molar-refractivity contribution >= 4 is 45.4 Å². The first-order chi connectivity index (χ1) is 20.3. The Labute approximate surface area is 241 Å². The molecule has 0 aliphatic carbocycles. The van der Waals surface area contributed by atoms with E-state index in [4.69, 9.17) is 10.8 Å². The number of nitrogens with zero attached hydrogens (tertiary/aromatic N) is 6. The van der Waals surface area contributed by atoms with Crippen LogP contribution >= 0.6 is 0 Å². The van der Waals surface area contributed by atoms with E-state index in [1.807, 2.05) is 63.2 Å². The molecule has 11 heteroatoms. The highest BCUT2D eigenvalue weighted by Crippen LogP contribution is 2.26. The smallest absolute Gasteiger partial charge is 0.324 e. The van der Waals surface area contributed by atoms with Crippen LogP contribution in [-0.4, -0.2) is 35.3 Å². The summed E-state index contributed by atoms with van der Waals surface area (Å²) in [6.45, 7) is 6.38. The summed E-state index contributed by atoms with van der Waals surface area (Å²) < 4.78 is 3.28. The largest absolute Gasteiger partial charge is 0.368 e. The molecule has 0 unspecified atom stereocenters. The van der Waals surface area contributed by atoms with Gasteiger partial charge in [0.25, 0.3) is 5.56 Å². The maximum Gasteiger partial charge on any atom is 0.324 e. The van der Waals surface area contributed by atoms with Gasteiger partial charge in [-0.05, 0) is 60.9 Å². The van der Waals surface area contributed by atoms with Crippen molar-refractivity contribution in [1.29, 1.82) is 0 Å². The van der Waals surface area contributed by atoms with Crippen molar-refractivity contribution in [2.75, 3.05) is 16.4 Å². The fourth-order valence-electron chi connectivity index (χ4n) is 4.88. The Hall–Kier alpha value is -5.58. The molecule has 11 nitrogen and oxygen atoms in total. The number of aryl methyl sites for hydroxylation is 1. The number of rotatable bonds is 6. The Bertz CT molecular complexity index is 2030. The highest BCUT2D eigenvalue weighted by Gasteiger charge is 2.16. The minimum Gasteiger partial charge on any atom is -0.368 e. The van der Waals surface area contributed by atoms with Gasteiger partial charge in [-0.3, -0.25) is 19.7 Å². The van der Waals surface area contributed by atoms with Crippen molar-refractivity contribution in [2.24, 2.45) is 0 Å². The van der Waals surface area contributed by atoms with Crippen molar-refractivity contribution in [2.45, 2.75) is 33.2 Å². The molecular formula is C31H29N9O2. The average Bonchev–Trinajstić information content (AvgIpc) is 3.40. The summed E-state index contributed by atoms with van der Waals surface area (Å²) >= 11 is 0. The molecule has 6 rings (SSSR count). The number of benzene rings is 2. The van der Waals surface area contributed by atoms with E-state index < -0.39 is 6.03 Å². The number of urea groups is 1. The van der Waals surface area contributed by atoms with Crippen LogP contribution < -0.4 is 21.9 Å². The number of aromatic nitrogens is 6. The fourth-order valence-corrected chi connectivity index (χ4v) is 4.88. The third-order valence-corrected chi connectivity index (χ3v) is 6.99. The van der Waals surface area contributed by atoms with Crippen LogP contribution in [0.25, 0.3) is 38.8 Å². The van der Waals surface area contributed by atoms with Gasteiger partial charge in [-0.2, -0.15) is 10.1 Å². The Kier molecular flexibility index (Phi) is 6.83. The molecule has 42 heavy (non-hydrogen) atoms. The summed E-state index contributed by atoms with van der Waals surface area (Å²) in [6.07, 6.45) is 3.35. The molecular weight excluding hydrogens is 530 g/mol. The van der Waals surface area contributed by atoms with Crippen LogP contribution in [-0.2, 0) is 6.54 Å². The third kappa shape index (κ3) is 5.03. The molecule has 0 saturated heterocycles. The highest BCUT2D eigenvalue weighted by molar-refractivity contribution is 6.00. The molecule has 0 spiro atoms. The van der Waals surface area contributed by atoms with Gasteiger partial charge >= 0.3 is 6.03 Å². The standard InChI is InChI=1S/C31H29N9O2/c1-4-39-28-21(17-34-30(32)37-28)15-24(29(39)41)19-7-5-9-22(13-19)35-31(42)36-27-16-26(18(2)3)38-40(27)23-10-11-25-20(14-23)8-6-12-33-25/h5-18H,4H2,1-3H3,(H2,32,34,37)(H2,35,36,42). The lowest BCUT2D eigenvalue weighted by atomic mass is 10.1. The number of nitrogens with two attached hydrogens (primary N) is 1. The molecule has 6 aromatic rings. The first-order valence-electron chi connectivity index (χ1n) is 13.6. The van der Waals surface area contributed by atoms with Gasteiger partial charge in [0.1, 0.15) is 11.5 Å². The van der Waals surface area contributed by atoms with Gasteiger partial charge in [0.05, 0.1) is 16.9 Å². The first kappa shape index (κ1) is 26.6. The Balaban J connectivity index is 1.29. The molecule has 2 amide bonds. The van der Waals surface area contributed by atoms with Gasteiger partial charge in [0, 0.05) is 47.0 Å². The maximum atomic E-state index is 13.4. The maximum absolute atomic E-state index is 13.4. The number of carbonyl (C=O) groups excluding carboxylic acids is 1. The number of hydrogen-bond donors (Lipinski definition) is 3. The summed E-state index contributed by atoms with van der Waals surface area (Å²) in [7, 11) is 0. The number of pyridine rings is 2. The van der Waals surface area contributed by atoms with E-state index in [9.17, 15) is 9.59 Å². The van der Waals surface area contributed by atoms with Gasteiger partial charge in [0.2, 0.25) is 5.95 Å². The minimum absolute atomic E-state index is 0.105. The predicted molar refractivity (Wildman–Crippen MR) is 165 cm³/mol. The van der Waals surface area contributed by atoms with E-state index in [0.717, 1.165) is 22.3 Å². The molecule has 4 N–H and O–H groups in total. The SMILES string of the molecule is CCn1c(=O)c(-c2cccc(NC(=O)Nc3cc(C(C)C)nn3-c3ccc4ncccc4c3)c2)cc2cnc(N)nc21. The van der Waals surface area contributed by atoms with Crippen molar-refractivity contribution in [3.8, 4) is 16.8 Å². The van der Waals surface area contributed by atoms with Crippen molar-refractivity contribution in [1.82, 2.24) is 29.3 Å². The van der Waals surface area contributed by atoms with Crippen LogP contribution in [0.1, 0.15) is 32.4 Å². The molecule has 0 radical (unpaired) electrons. The minimum atomic E-state index is -0.445. The zero-order valence-electron chi connectivity index (χ0n) is 23.4. The van der Waals surface area contributed by atoms with Gasteiger partial charge in [-0.1, -0.05) is 32.0 Å². The van der Waals surface area contributed by atoms with Crippen LogP contribution in [0.3, 0.4) is 0 Å². The molecule has 0 aliphatic heterocycles. The summed E-state index contributed by atoms with van der Waals surface area (Å²) in [5.41, 5.74) is 10.2. The zero-order valence-corrected chi connectivity index (χ0v) is 23.4. The second-order valence-corrected chi connectivity index (χ2v) is 10.2. The summed E-state index contributed by atoms with van der Waals surface area (Å²) in [6, 6.07) is 20.0. The predicted octanol–water partition coefficient (Wildman–Crippen LogP) is 5.56. The molecule has 0 aliphatic rings. The van der Waals surface area contributed by atoms with Crippen LogP contribution in [0.5, 0.6) is 0 Å². The summed E-state index contributed by atoms with van der Waals surface area (Å²) in [5.74, 6) is 0.786. The van der Waals surface area contributed by atoms with E-state index in [-0.39, 0.29) is 17.4 Å². The Morgan fingerprint density at radius 2 is 1.83 bits per heavy atom. The van der Waals surface area contributed by atoms with Crippen molar-refractivity contribution < 1.29 is 4.79 Å². The number of anilines is 3. The first-order valence-corrected chi connectivity index (χ1v) is 13.6. The van der Waals surface area contributed by atoms with E-state index in [2.05, 4.69) is 25.6 Å². The number of hydrogen-bond acceptors (Lipinski definition) is 7. The lowest BCUT2D eigenvalue weighted by Crippen LogP contribution is -2.23. The topological polar surface area (TPSA) is 146 Å². The normalized spacial score (nSPS) is 11.3. The summed E-state index contributed by atoms with van der Waals surface area (Å²) in [4.78, 5) is 39.3. The molecule has 0 atom stereocenters. The lowest BCUT2D eigenvalue weighted by molar-refractivity contribution is 0.262. The van der Waals surface area contributed by atoms with Crippen LogP contribution in [0, 0.1) is 0 Å². The highest BCUT2D eigenvalue weighted by atomic mass is 16.2. The number of amides is 2.